The van der Waals surface area contributed by atoms with Gasteiger partial charge in [0.1, 0.15) is 5.75 Å². The minimum atomic E-state index is -0.359. The van der Waals surface area contributed by atoms with Crippen molar-refractivity contribution >= 4 is 17.3 Å². The zero-order valence-corrected chi connectivity index (χ0v) is 18.6. The summed E-state index contributed by atoms with van der Waals surface area (Å²) in [6.45, 7) is 6.70. The maximum absolute atomic E-state index is 10.9. The van der Waals surface area contributed by atoms with E-state index in [0.717, 1.165) is 49.2 Å². The van der Waals surface area contributed by atoms with Gasteiger partial charge in [-0.05, 0) is 80.5 Å². The van der Waals surface area contributed by atoms with E-state index in [1.165, 1.54) is 30.9 Å². The van der Waals surface area contributed by atoms with Crippen LogP contribution < -0.4 is 4.74 Å². The van der Waals surface area contributed by atoms with Crippen LogP contribution in [0.2, 0.25) is 0 Å². The standard InChI is InChI=1S/C26H34N2O3/c1-3-5-8-12-22-13-11-14-24(21-22)28-27-23-15-17-25(18-16-23)30-19-9-6-7-10-20-31-26(29)4-2/h4,11,13-18,21H,2-3,5-10,12,19-20H2,1H3. The number of azo groups is 1. The Balaban J connectivity index is 1.67. The number of hydrogen-bond donors (Lipinski definition) is 0. The van der Waals surface area contributed by atoms with Crippen LogP contribution in [0.5, 0.6) is 5.75 Å². The van der Waals surface area contributed by atoms with Gasteiger partial charge < -0.3 is 9.47 Å². The van der Waals surface area contributed by atoms with E-state index in [1.54, 1.807) is 0 Å². The molecule has 0 bridgehead atoms. The molecule has 31 heavy (non-hydrogen) atoms. The molecule has 0 amide bonds. The summed E-state index contributed by atoms with van der Waals surface area (Å²) >= 11 is 0. The number of aryl methyl sites for hydroxylation is 1. The highest BCUT2D eigenvalue weighted by Gasteiger charge is 1.99. The van der Waals surface area contributed by atoms with Crippen LogP contribution in [0.15, 0.2) is 71.4 Å². The lowest BCUT2D eigenvalue weighted by atomic mass is 10.1. The van der Waals surface area contributed by atoms with Gasteiger partial charge >= 0.3 is 5.97 Å². The van der Waals surface area contributed by atoms with Gasteiger partial charge in [0, 0.05) is 6.08 Å². The van der Waals surface area contributed by atoms with Crippen LogP contribution in [0, 0.1) is 0 Å². The highest BCUT2D eigenvalue weighted by Crippen LogP contribution is 2.22. The zero-order valence-electron chi connectivity index (χ0n) is 18.6. The molecule has 0 N–H and O–H groups in total. The van der Waals surface area contributed by atoms with Crippen molar-refractivity contribution in [2.75, 3.05) is 13.2 Å². The van der Waals surface area contributed by atoms with Gasteiger partial charge in [0.25, 0.3) is 0 Å². The maximum Gasteiger partial charge on any atom is 0.330 e. The van der Waals surface area contributed by atoms with Crippen molar-refractivity contribution in [1.29, 1.82) is 0 Å². The molecule has 5 nitrogen and oxygen atoms in total. The molecule has 0 spiro atoms. The molecule has 0 heterocycles. The first-order valence-electron chi connectivity index (χ1n) is 11.2. The number of rotatable bonds is 15. The molecule has 0 radical (unpaired) electrons. The van der Waals surface area contributed by atoms with E-state index in [4.69, 9.17) is 9.47 Å². The number of hydrogen-bond acceptors (Lipinski definition) is 5. The smallest absolute Gasteiger partial charge is 0.330 e. The van der Waals surface area contributed by atoms with Crippen molar-refractivity contribution < 1.29 is 14.3 Å². The lowest BCUT2D eigenvalue weighted by Gasteiger charge is -2.06. The van der Waals surface area contributed by atoms with E-state index in [2.05, 4.69) is 35.9 Å². The normalized spacial score (nSPS) is 10.9. The fraction of sp³-hybridized carbons (Fsp3) is 0.423. The van der Waals surface area contributed by atoms with E-state index in [9.17, 15) is 4.79 Å². The van der Waals surface area contributed by atoms with Crippen LogP contribution in [0.25, 0.3) is 0 Å². The van der Waals surface area contributed by atoms with Crippen molar-refractivity contribution in [2.45, 2.75) is 58.3 Å². The molecule has 0 atom stereocenters. The molecule has 0 unspecified atom stereocenters. The first kappa shape index (κ1) is 24.3. The van der Waals surface area contributed by atoms with E-state index in [-0.39, 0.29) is 5.97 Å². The summed E-state index contributed by atoms with van der Waals surface area (Å²) in [4.78, 5) is 10.9. The molecule has 0 aliphatic rings. The number of nitrogens with zero attached hydrogens (tertiary/aromatic N) is 2. The molecule has 5 heteroatoms. The Kier molecular flexibility index (Phi) is 11.7. The summed E-state index contributed by atoms with van der Waals surface area (Å²) in [6, 6.07) is 16.0. The Labute approximate surface area is 186 Å². The molecular formula is C26H34N2O3. The van der Waals surface area contributed by atoms with Crippen LogP contribution in [0.3, 0.4) is 0 Å². The van der Waals surface area contributed by atoms with Gasteiger partial charge in [-0.25, -0.2) is 4.79 Å². The minimum absolute atomic E-state index is 0.359. The van der Waals surface area contributed by atoms with Gasteiger partial charge in [0.05, 0.1) is 24.6 Å². The number of benzene rings is 2. The fourth-order valence-electron chi connectivity index (χ4n) is 3.06. The monoisotopic (exact) mass is 422 g/mol. The predicted molar refractivity (Wildman–Crippen MR) is 125 cm³/mol. The van der Waals surface area contributed by atoms with Crippen LogP contribution in [0.4, 0.5) is 11.4 Å². The van der Waals surface area contributed by atoms with E-state index in [1.807, 2.05) is 36.4 Å². The molecule has 2 aromatic rings. The van der Waals surface area contributed by atoms with Gasteiger partial charge in [0.2, 0.25) is 0 Å². The molecule has 0 saturated heterocycles. The molecule has 0 aromatic heterocycles. The third-order valence-corrected chi connectivity index (χ3v) is 4.82. The summed E-state index contributed by atoms with van der Waals surface area (Å²) < 4.78 is 10.7. The molecule has 0 saturated carbocycles. The Morgan fingerprint density at radius 2 is 1.65 bits per heavy atom. The van der Waals surface area contributed by atoms with E-state index in [0.29, 0.717) is 13.2 Å². The van der Waals surface area contributed by atoms with Gasteiger partial charge in [-0.15, -0.1) is 0 Å². The van der Waals surface area contributed by atoms with Crippen LogP contribution in [-0.2, 0) is 16.0 Å². The Bertz CT molecular complexity index is 816. The second kappa shape index (κ2) is 14.9. The van der Waals surface area contributed by atoms with Crippen molar-refractivity contribution in [1.82, 2.24) is 0 Å². The van der Waals surface area contributed by atoms with Crippen molar-refractivity contribution in [3.8, 4) is 5.75 Å². The second-order valence-corrected chi connectivity index (χ2v) is 7.46. The minimum Gasteiger partial charge on any atom is -0.494 e. The second-order valence-electron chi connectivity index (χ2n) is 7.46. The molecule has 166 valence electrons. The SMILES string of the molecule is C=CC(=O)OCCCCCCOc1ccc(N=Nc2cccc(CCCCC)c2)cc1. The van der Waals surface area contributed by atoms with Gasteiger partial charge in [-0.1, -0.05) is 38.5 Å². The first-order valence-corrected chi connectivity index (χ1v) is 11.2. The largest absolute Gasteiger partial charge is 0.494 e. The number of unbranched alkanes of at least 4 members (excludes halogenated alkanes) is 5. The summed E-state index contributed by atoms with van der Waals surface area (Å²) in [5.74, 6) is 0.471. The fourth-order valence-corrected chi connectivity index (χ4v) is 3.06. The zero-order chi connectivity index (χ0) is 22.2. The van der Waals surface area contributed by atoms with Crippen LogP contribution in [-0.4, -0.2) is 19.2 Å². The van der Waals surface area contributed by atoms with Crippen LogP contribution in [0.1, 0.15) is 57.4 Å². The van der Waals surface area contributed by atoms with Crippen molar-refractivity contribution in [2.24, 2.45) is 10.2 Å². The highest BCUT2D eigenvalue weighted by atomic mass is 16.5. The lowest BCUT2D eigenvalue weighted by molar-refractivity contribution is -0.137. The van der Waals surface area contributed by atoms with Gasteiger partial charge in [0.15, 0.2) is 0 Å². The van der Waals surface area contributed by atoms with E-state index < -0.39 is 0 Å². The van der Waals surface area contributed by atoms with Gasteiger partial charge in [-0.2, -0.15) is 10.2 Å². The Hall–Kier alpha value is -2.95. The summed E-state index contributed by atoms with van der Waals surface area (Å²) in [7, 11) is 0. The lowest BCUT2D eigenvalue weighted by Crippen LogP contribution is -2.02. The third-order valence-electron chi connectivity index (χ3n) is 4.82. The molecule has 2 rings (SSSR count). The summed E-state index contributed by atoms with van der Waals surface area (Å²) in [5, 5.41) is 8.71. The topological polar surface area (TPSA) is 60.2 Å². The first-order chi connectivity index (χ1) is 15.2. The molecule has 0 aliphatic carbocycles. The predicted octanol–water partition coefficient (Wildman–Crippen LogP) is 7.50. The third kappa shape index (κ3) is 10.6. The maximum atomic E-state index is 10.9. The number of esters is 1. The molecule has 0 fully saturated rings. The van der Waals surface area contributed by atoms with Crippen LogP contribution >= 0.6 is 0 Å². The number of carbonyl (C=O) groups excluding carboxylic acids is 1. The summed E-state index contributed by atoms with van der Waals surface area (Å²) in [5.41, 5.74) is 3.00. The Morgan fingerprint density at radius 3 is 2.39 bits per heavy atom. The van der Waals surface area contributed by atoms with Gasteiger partial charge in [-0.3, -0.25) is 0 Å². The molecule has 0 aliphatic heterocycles. The number of carbonyl (C=O) groups is 1. The molecular weight excluding hydrogens is 388 g/mol. The average molecular weight is 423 g/mol. The summed E-state index contributed by atoms with van der Waals surface area (Å²) in [6.07, 6.45) is 9.85. The van der Waals surface area contributed by atoms with E-state index >= 15 is 0 Å². The molecule has 2 aromatic carbocycles. The average Bonchev–Trinajstić information content (AvgIpc) is 2.80. The van der Waals surface area contributed by atoms with Crippen molar-refractivity contribution in [3.63, 3.8) is 0 Å². The quantitative estimate of drug-likeness (QED) is 0.129. The highest BCUT2D eigenvalue weighted by molar-refractivity contribution is 5.81. The number of ether oxygens (including phenoxy) is 2. The Morgan fingerprint density at radius 1 is 0.903 bits per heavy atom. The van der Waals surface area contributed by atoms with Crippen molar-refractivity contribution in [3.05, 3.63) is 66.7 Å².